The van der Waals surface area contributed by atoms with Crippen LogP contribution in [0.2, 0.25) is 0 Å². The van der Waals surface area contributed by atoms with E-state index in [9.17, 15) is 13.2 Å². The van der Waals surface area contributed by atoms with Gasteiger partial charge in [-0.2, -0.15) is 0 Å². The van der Waals surface area contributed by atoms with Crippen molar-refractivity contribution in [3.8, 4) is 0 Å². The van der Waals surface area contributed by atoms with E-state index in [0.29, 0.717) is 5.76 Å². The van der Waals surface area contributed by atoms with Crippen LogP contribution >= 0.6 is 0 Å². The first kappa shape index (κ1) is 13.0. The third kappa shape index (κ3) is 3.49. The van der Waals surface area contributed by atoms with E-state index in [2.05, 4.69) is 4.72 Å². The van der Waals surface area contributed by atoms with E-state index >= 15 is 0 Å². The van der Waals surface area contributed by atoms with E-state index in [4.69, 9.17) is 8.83 Å². The molecule has 0 atom stereocenters. The highest BCUT2D eigenvalue weighted by atomic mass is 32.2. The van der Waals surface area contributed by atoms with Crippen LogP contribution in [0, 0.1) is 0 Å². The fourth-order valence-electron chi connectivity index (χ4n) is 1.19. The molecule has 16 heavy (non-hydrogen) atoms. The summed E-state index contributed by atoms with van der Waals surface area (Å²) in [5.74, 6) is -0.258. The van der Waals surface area contributed by atoms with Crippen LogP contribution in [-0.4, -0.2) is 14.7 Å². The highest BCUT2D eigenvalue weighted by Gasteiger charge is 2.25. The number of rotatable bonds is 3. The molecule has 0 aliphatic carbocycles. The largest absolute Gasteiger partial charge is 0.519 e. The molecule has 0 aromatic carbocycles. The van der Waals surface area contributed by atoms with Gasteiger partial charge in [0.25, 0.3) is 0 Å². The van der Waals surface area contributed by atoms with E-state index in [1.165, 1.54) is 0 Å². The average molecular weight is 249 g/mol. The molecule has 1 N–H and O–H groups in total. The van der Waals surface area contributed by atoms with Gasteiger partial charge in [0.15, 0.2) is 11.5 Å². The van der Waals surface area contributed by atoms with Crippen molar-refractivity contribution in [3.63, 3.8) is 0 Å². The Kier molecular flexibility index (Phi) is 3.30. The standard InChI is InChI=1S/C9H15NO5S/c1-9(2,3)7-6(14-8(11)15-7)5-10-16(4,12)13/h10H,5H2,1-4H3. The fourth-order valence-corrected chi connectivity index (χ4v) is 1.59. The molecule has 1 aromatic heterocycles. The van der Waals surface area contributed by atoms with Crippen LogP contribution in [0.25, 0.3) is 0 Å². The lowest BCUT2D eigenvalue weighted by Gasteiger charge is -2.14. The van der Waals surface area contributed by atoms with Crippen LogP contribution in [0.5, 0.6) is 0 Å². The van der Waals surface area contributed by atoms with Crippen molar-refractivity contribution in [1.82, 2.24) is 4.72 Å². The van der Waals surface area contributed by atoms with Gasteiger partial charge in [0.2, 0.25) is 10.0 Å². The summed E-state index contributed by atoms with van der Waals surface area (Å²) < 4.78 is 33.7. The molecule has 0 aliphatic heterocycles. The summed E-state index contributed by atoms with van der Waals surface area (Å²) in [6.07, 6.45) is 1.03. The van der Waals surface area contributed by atoms with Gasteiger partial charge in [-0.3, -0.25) is 0 Å². The van der Waals surface area contributed by atoms with Gasteiger partial charge in [-0.15, -0.1) is 0 Å². The Bertz CT molecular complexity index is 517. The second-order valence-corrected chi connectivity index (χ2v) is 6.38. The maximum atomic E-state index is 11.0. The molecule has 0 unspecified atom stereocenters. The molecular weight excluding hydrogens is 234 g/mol. The number of nitrogens with one attached hydrogen (secondary N) is 1. The minimum atomic E-state index is -3.33. The van der Waals surface area contributed by atoms with Gasteiger partial charge in [0.05, 0.1) is 12.8 Å². The number of sulfonamides is 1. The molecule has 7 heteroatoms. The molecule has 0 spiro atoms. The minimum absolute atomic E-state index is 0.0861. The highest BCUT2D eigenvalue weighted by Crippen LogP contribution is 2.24. The van der Waals surface area contributed by atoms with Gasteiger partial charge in [-0.05, 0) is 0 Å². The second-order valence-electron chi connectivity index (χ2n) is 4.55. The Morgan fingerprint density at radius 1 is 1.25 bits per heavy atom. The van der Waals surface area contributed by atoms with Crippen molar-refractivity contribution in [3.05, 3.63) is 22.1 Å². The van der Waals surface area contributed by atoms with Crippen molar-refractivity contribution in [1.29, 1.82) is 0 Å². The molecule has 0 fully saturated rings. The molecule has 0 saturated heterocycles. The molecule has 1 heterocycles. The molecule has 0 saturated carbocycles. The summed E-state index contributed by atoms with van der Waals surface area (Å²) >= 11 is 0. The summed E-state index contributed by atoms with van der Waals surface area (Å²) in [6.45, 7) is 5.43. The molecular formula is C9H15NO5S. The van der Waals surface area contributed by atoms with Crippen LogP contribution in [0.1, 0.15) is 32.3 Å². The molecule has 1 rings (SSSR count). The first-order chi connectivity index (χ1) is 7.09. The van der Waals surface area contributed by atoms with Crippen molar-refractivity contribution >= 4 is 10.0 Å². The zero-order valence-corrected chi connectivity index (χ0v) is 10.5. The molecule has 0 bridgehead atoms. The topological polar surface area (TPSA) is 89.5 Å². The van der Waals surface area contributed by atoms with E-state index in [0.717, 1.165) is 6.26 Å². The molecule has 0 radical (unpaired) electrons. The van der Waals surface area contributed by atoms with Crippen LogP contribution in [0.3, 0.4) is 0 Å². The summed E-state index contributed by atoms with van der Waals surface area (Å²) in [7, 11) is -3.33. The van der Waals surface area contributed by atoms with Crippen LogP contribution < -0.4 is 10.5 Å². The van der Waals surface area contributed by atoms with Crippen molar-refractivity contribution < 1.29 is 17.3 Å². The molecule has 6 nitrogen and oxygen atoms in total. The SMILES string of the molecule is CC(C)(C)c1oc(=O)oc1CNS(C)(=O)=O. The fraction of sp³-hybridized carbons (Fsp3) is 0.667. The lowest BCUT2D eigenvalue weighted by Crippen LogP contribution is -2.23. The van der Waals surface area contributed by atoms with Crippen molar-refractivity contribution in [2.45, 2.75) is 32.7 Å². The predicted molar refractivity (Wildman–Crippen MR) is 57.6 cm³/mol. The van der Waals surface area contributed by atoms with E-state index in [-0.39, 0.29) is 12.3 Å². The Morgan fingerprint density at radius 2 is 1.81 bits per heavy atom. The number of hydrogen-bond acceptors (Lipinski definition) is 5. The molecule has 92 valence electrons. The van der Waals surface area contributed by atoms with Crippen LogP contribution in [0.4, 0.5) is 0 Å². The zero-order chi connectivity index (χ0) is 12.6. The van der Waals surface area contributed by atoms with Gasteiger partial charge in [-0.25, -0.2) is 17.9 Å². The summed E-state index contributed by atoms with van der Waals surface area (Å²) in [4.78, 5) is 11.0. The Morgan fingerprint density at radius 3 is 2.25 bits per heavy atom. The Hall–Kier alpha value is -1.08. The van der Waals surface area contributed by atoms with E-state index in [1.807, 2.05) is 20.8 Å². The van der Waals surface area contributed by atoms with E-state index < -0.39 is 21.3 Å². The monoisotopic (exact) mass is 249 g/mol. The number of hydrogen-bond donors (Lipinski definition) is 1. The van der Waals surface area contributed by atoms with Gasteiger partial charge in [-0.1, -0.05) is 20.8 Å². The highest BCUT2D eigenvalue weighted by molar-refractivity contribution is 7.88. The van der Waals surface area contributed by atoms with Gasteiger partial charge in [0.1, 0.15) is 0 Å². The molecule has 1 aromatic rings. The van der Waals surface area contributed by atoms with Gasteiger partial charge >= 0.3 is 5.82 Å². The Balaban J connectivity index is 3.01. The van der Waals surface area contributed by atoms with E-state index in [1.54, 1.807) is 0 Å². The van der Waals surface area contributed by atoms with Crippen molar-refractivity contribution in [2.24, 2.45) is 0 Å². The summed E-state index contributed by atoms with van der Waals surface area (Å²) in [6, 6.07) is 0. The third-order valence-electron chi connectivity index (χ3n) is 1.82. The smallest absolute Gasteiger partial charge is 0.395 e. The minimum Gasteiger partial charge on any atom is -0.395 e. The van der Waals surface area contributed by atoms with Gasteiger partial charge in [0, 0.05) is 5.41 Å². The third-order valence-corrected chi connectivity index (χ3v) is 2.49. The maximum absolute atomic E-state index is 11.0. The Labute approximate surface area is 93.7 Å². The first-order valence-corrected chi connectivity index (χ1v) is 6.56. The first-order valence-electron chi connectivity index (χ1n) is 4.67. The maximum Gasteiger partial charge on any atom is 0.519 e. The van der Waals surface area contributed by atoms with Crippen molar-refractivity contribution in [2.75, 3.05) is 6.26 Å². The zero-order valence-electron chi connectivity index (χ0n) is 9.66. The lowest BCUT2D eigenvalue weighted by atomic mass is 9.92. The van der Waals surface area contributed by atoms with Gasteiger partial charge < -0.3 is 8.83 Å². The normalized spacial score (nSPS) is 13.0. The second kappa shape index (κ2) is 4.06. The summed E-state index contributed by atoms with van der Waals surface area (Å²) in [5, 5.41) is 0. The lowest BCUT2D eigenvalue weighted by molar-refractivity contribution is 0.343. The van der Waals surface area contributed by atoms with Crippen LogP contribution in [-0.2, 0) is 22.0 Å². The average Bonchev–Trinajstić information content (AvgIpc) is 2.41. The summed E-state index contributed by atoms with van der Waals surface area (Å²) in [5.41, 5.74) is -0.416. The quantitative estimate of drug-likeness (QED) is 0.846. The molecule has 0 amide bonds. The predicted octanol–water partition coefficient (Wildman–Crippen LogP) is 0.579. The molecule has 0 aliphatic rings. The van der Waals surface area contributed by atoms with Crippen LogP contribution in [0.15, 0.2) is 13.6 Å².